The zero-order valence-corrected chi connectivity index (χ0v) is 9.32. The molecule has 0 aromatic heterocycles. The standard InChI is InChI=1S/C12H15NO4/c14-10-6-7-11(15)13(10)12(16)17-8-9-4-2-1-3-5-9/h1-5,10-11,14-15H,6-8H2. The van der Waals surface area contributed by atoms with Crippen LogP contribution in [0.4, 0.5) is 4.79 Å². The van der Waals surface area contributed by atoms with Crippen molar-refractivity contribution in [1.29, 1.82) is 0 Å². The summed E-state index contributed by atoms with van der Waals surface area (Å²) in [7, 11) is 0. The van der Waals surface area contributed by atoms with Crippen LogP contribution in [-0.2, 0) is 11.3 Å². The molecule has 0 bridgehead atoms. The molecule has 1 amide bonds. The summed E-state index contributed by atoms with van der Waals surface area (Å²) in [5.41, 5.74) is 0.865. The average molecular weight is 237 g/mol. The molecule has 2 N–H and O–H groups in total. The normalized spacial score (nSPS) is 23.8. The van der Waals surface area contributed by atoms with Gasteiger partial charge < -0.3 is 14.9 Å². The highest BCUT2D eigenvalue weighted by atomic mass is 16.6. The second-order valence-electron chi connectivity index (χ2n) is 3.99. The highest BCUT2D eigenvalue weighted by molar-refractivity contribution is 5.68. The Bertz CT molecular complexity index is 371. The summed E-state index contributed by atoms with van der Waals surface area (Å²) in [4.78, 5) is 12.6. The first kappa shape index (κ1) is 11.9. The molecule has 92 valence electrons. The molecule has 1 saturated heterocycles. The van der Waals surface area contributed by atoms with E-state index in [1.807, 2.05) is 30.3 Å². The molecule has 0 spiro atoms. The number of rotatable bonds is 2. The largest absolute Gasteiger partial charge is 0.444 e. The first-order valence-electron chi connectivity index (χ1n) is 5.53. The highest BCUT2D eigenvalue weighted by Crippen LogP contribution is 2.21. The topological polar surface area (TPSA) is 70.0 Å². The number of nitrogens with zero attached hydrogens (tertiary/aromatic N) is 1. The second-order valence-corrected chi connectivity index (χ2v) is 3.99. The van der Waals surface area contributed by atoms with E-state index in [0.29, 0.717) is 12.8 Å². The van der Waals surface area contributed by atoms with E-state index in [4.69, 9.17) is 4.74 Å². The molecule has 17 heavy (non-hydrogen) atoms. The number of hydrogen-bond donors (Lipinski definition) is 2. The van der Waals surface area contributed by atoms with Crippen LogP contribution in [0.25, 0.3) is 0 Å². The Labute approximate surface area is 99.2 Å². The van der Waals surface area contributed by atoms with Gasteiger partial charge in [-0.2, -0.15) is 0 Å². The van der Waals surface area contributed by atoms with Crippen molar-refractivity contribution < 1.29 is 19.7 Å². The molecular weight excluding hydrogens is 222 g/mol. The zero-order valence-electron chi connectivity index (χ0n) is 9.32. The van der Waals surface area contributed by atoms with Gasteiger partial charge in [-0.05, 0) is 18.4 Å². The lowest BCUT2D eigenvalue weighted by atomic mass is 10.2. The fourth-order valence-corrected chi connectivity index (χ4v) is 1.81. The van der Waals surface area contributed by atoms with Crippen molar-refractivity contribution in [3.8, 4) is 0 Å². The smallest absolute Gasteiger partial charge is 0.414 e. The lowest BCUT2D eigenvalue weighted by molar-refractivity contribution is -0.0468. The second kappa shape index (κ2) is 5.16. The van der Waals surface area contributed by atoms with Gasteiger partial charge in [0.2, 0.25) is 0 Å². The molecule has 1 fully saturated rings. The zero-order chi connectivity index (χ0) is 12.3. The van der Waals surface area contributed by atoms with Gasteiger partial charge in [0, 0.05) is 0 Å². The van der Waals surface area contributed by atoms with Gasteiger partial charge in [-0.1, -0.05) is 30.3 Å². The van der Waals surface area contributed by atoms with Gasteiger partial charge in [-0.3, -0.25) is 4.90 Å². The molecular formula is C12H15NO4. The average Bonchev–Trinajstić information content (AvgIpc) is 2.67. The predicted octanol–water partition coefficient (Wildman–Crippen LogP) is 1.06. The number of likely N-dealkylation sites (tertiary alicyclic amines) is 1. The van der Waals surface area contributed by atoms with Crippen LogP contribution in [0.2, 0.25) is 0 Å². The van der Waals surface area contributed by atoms with Gasteiger partial charge in [-0.25, -0.2) is 4.79 Å². The van der Waals surface area contributed by atoms with Crippen LogP contribution < -0.4 is 0 Å². The molecule has 1 heterocycles. The molecule has 1 aromatic rings. The van der Waals surface area contributed by atoms with E-state index in [-0.39, 0.29) is 6.61 Å². The molecule has 0 radical (unpaired) electrons. The number of aliphatic hydroxyl groups is 2. The van der Waals surface area contributed by atoms with E-state index in [1.165, 1.54) is 0 Å². The fraction of sp³-hybridized carbons (Fsp3) is 0.417. The highest BCUT2D eigenvalue weighted by Gasteiger charge is 2.35. The first-order chi connectivity index (χ1) is 8.18. The Morgan fingerprint density at radius 1 is 1.24 bits per heavy atom. The van der Waals surface area contributed by atoms with Crippen molar-refractivity contribution in [2.24, 2.45) is 0 Å². The van der Waals surface area contributed by atoms with Crippen molar-refractivity contribution in [3.05, 3.63) is 35.9 Å². The van der Waals surface area contributed by atoms with Gasteiger partial charge in [0.1, 0.15) is 19.1 Å². The lowest BCUT2D eigenvalue weighted by Gasteiger charge is -2.23. The van der Waals surface area contributed by atoms with Gasteiger partial charge in [0.15, 0.2) is 0 Å². The Kier molecular flexibility index (Phi) is 3.61. The monoisotopic (exact) mass is 237 g/mol. The van der Waals surface area contributed by atoms with Crippen molar-refractivity contribution in [2.75, 3.05) is 0 Å². The van der Waals surface area contributed by atoms with Gasteiger partial charge in [0.25, 0.3) is 0 Å². The number of hydrogen-bond acceptors (Lipinski definition) is 4. The van der Waals surface area contributed by atoms with Crippen LogP contribution in [0.15, 0.2) is 30.3 Å². The van der Waals surface area contributed by atoms with Crippen molar-refractivity contribution in [2.45, 2.75) is 31.9 Å². The minimum absolute atomic E-state index is 0.135. The van der Waals surface area contributed by atoms with Gasteiger partial charge in [0.05, 0.1) is 0 Å². The van der Waals surface area contributed by atoms with E-state index in [1.54, 1.807) is 0 Å². The molecule has 2 atom stereocenters. The minimum atomic E-state index is -0.951. The molecule has 0 saturated carbocycles. The van der Waals surface area contributed by atoms with Gasteiger partial charge >= 0.3 is 6.09 Å². The molecule has 5 nitrogen and oxygen atoms in total. The van der Waals surface area contributed by atoms with Crippen LogP contribution in [0.3, 0.4) is 0 Å². The maximum atomic E-state index is 11.6. The number of ether oxygens (including phenoxy) is 1. The van der Waals surface area contributed by atoms with E-state index in [9.17, 15) is 15.0 Å². The number of benzene rings is 1. The third kappa shape index (κ3) is 2.75. The molecule has 0 aliphatic carbocycles. The van der Waals surface area contributed by atoms with E-state index < -0.39 is 18.5 Å². The van der Waals surface area contributed by atoms with E-state index in [0.717, 1.165) is 10.5 Å². The van der Waals surface area contributed by atoms with Crippen LogP contribution in [0.5, 0.6) is 0 Å². The SMILES string of the molecule is O=C(OCc1ccccc1)N1C(O)CCC1O. The quantitative estimate of drug-likeness (QED) is 0.806. The predicted molar refractivity (Wildman–Crippen MR) is 59.7 cm³/mol. The Morgan fingerprint density at radius 2 is 1.82 bits per heavy atom. The maximum absolute atomic E-state index is 11.6. The third-order valence-electron chi connectivity index (χ3n) is 2.74. The molecule has 1 aliphatic rings. The number of aliphatic hydroxyl groups excluding tert-OH is 2. The summed E-state index contributed by atoms with van der Waals surface area (Å²) in [5, 5.41) is 19.0. The summed E-state index contributed by atoms with van der Waals surface area (Å²) < 4.78 is 5.02. The maximum Gasteiger partial charge on any atom is 0.414 e. The molecule has 5 heteroatoms. The van der Waals surface area contributed by atoms with Crippen LogP contribution in [0.1, 0.15) is 18.4 Å². The Balaban J connectivity index is 1.89. The van der Waals surface area contributed by atoms with Crippen molar-refractivity contribution in [1.82, 2.24) is 4.90 Å². The first-order valence-corrected chi connectivity index (χ1v) is 5.53. The van der Waals surface area contributed by atoms with Gasteiger partial charge in [-0.15, -0.1) is 0 Å². The molecule has 2 unspecified atom stereocenters. The Hall–Kier alpha value is -1.59. The van der Waals surface area contributed by atoms with Crippen molar-refractivity contribution >= 4 is 6.09 Å². The molecule has 1 aromatic carbocycles. The molecule has 2 rings (SSSR count). The summed E-state index contributed by atoms with van der Waals surface area (Å²) in [6.07, 6.45) is -1.84. The van der Waals surface area contributed by atoms with Crippen LogP contribution >= 0.6 is 0 Å². The number of carbonyl (C=O) groups is 1. The van der Waals surface area contributed by atoms with Crippen LogP contribution in [-0.4, -0.2) is 33.7 Å². The summed E-state index contributed by atoms with van der Waals surface area (Å²) in [5.74, 6) is 0. The fourth-order valence-electron chi connectivity index (χ4n) is 1.81. The van der Waals surface area contributed by atoms with Crippen molar-refractivity contribution in [3.63, 3.8) is 0 Å². The lowest BCUT2D eigenvalue weighted by Crippen LogP contribution is -2.41. The molecule has 1 aliphatic heterocycles. The summed E-state index contributed by atoms with van der Waals surface area (Å²) in [6.45, 7) is 0.135. The number of carbonyl (C=O) groups excluding carboxylic acids is 1. The van der Waals surface area contributed by atoms with Crippen LogP contribution in [0, 0.1) is 0 Å². The summed E-state index contributed by atoms with van der Waals surface area (Å²) >= 11 is 0. The van der Waals surface area contributed by atoms with E-state index in [2.05, 4.69) is 0 Å². The Morgan fingerprint density at radius 3 is 2.41 bits per heavy atom. The third-order valence-corrected chi connectivity index (χ3v) is 2.74. The minimum Gasteiger partial charge on any atom is -0.444 e. The van der Waals surface area contributed by atoms with E-state index >= 15 is 0 Å². The summed E-state index contributed by atoms with van der Waals surface area (Å²) in [6, 6.07) is 9.25. The number of amides is 1.